The summed E-state index contributed by atoms with van der Waals surface area (Å²) in [6.45, 7) is 2.31. The quantitative estimate of drug-likeness (QED) is 0.372. The van der Waals surface area contributed by atoms with E-state index in [1.807, 2.05) is 0 Å². The number of rotatable bonds is 5. The van der Waals surface area contributed by atoms with Gasteiger partial charge in [-0.05, 0) is 49.4 Å². The highest BCUT2D eigenvalue weighted by molar-refractivity contribution is 6.22. The summed E-state index contributed by atoms with van der Waals surface area (Å²) in [6, 6.07) is 13.6. The Balaban J connectivity index is 1.28. The smallest absolute Gasteiger partial charge is 0.316 e. The van der Waals surface area contributed by atoms with E-state index in [0.717, 1.165) is 19.3 Å². The molecule has 2 saturated heterocycles. The van der Waals surface area contributed by atoms with Crippen LogP contribution in [0.1, 0.15) is 32.6 Å². The van der Waals surface area contributed by atoms with Gasteiger partial charge < -0.3 is 14.4 Å². The first-order valence-electron chi connectivity index (χ1n) is 12.0. The Labute approximate surface area is 203 Å². The van der Waals surface area contributed by atoms with E-state index in [0.29, 0.717) is 23.0 Å². The second-order valence-corrected chi connectivity index (χ2v) is 9.67. The van der Waals surface area contributed by atoms with Gasteiger partial charge in [-0.25, -0.2) is 4.90 Å². The molecule has 3 aliphatic rings. The molecule has 0 unspecified atom stereocenters. The first-order chi connectivity index (χ1) is 16.9. The van der Waals surface area contributed by atoms with Crippen LogP contribution in [0.2, 0.25) is 0 Å². The van der Waals surface area contributed by atoms with E-state index >= 15 is 0 Å². The largest absolute Gasteiger partial charge is 0.497 e. The Morgan fingerprint density at radius 2 is 1.60 bits per heavy atom. The molecular formula is C27H28N2O6. The molecule has 5 rings (SSSR count). The van der Waals surface area contributed by atoms with Crippen molar-refractivity contribution in [1.29, 1.82) is 0 Å². The summed E-state index contributed by atoms with van der Waals surface area (Å²) in [7, 11) is 1.55. The Bertz CT molecular complexity index is 1190. The number of imide groups is 1. The van der Waals surface area contributed by atoms with Gasteiger partial charge in [0.2, 0.25) is 17.7 Å². The molecular weight excluding hydrogens is 448 g/mol. The Morgan fingerprint density at radius 1 is 0.914 bits per heavy atom. The molecule has 2 aromatic carbocycles. The molecule has 0 spiro atoms. The molecule has 2 aromatic rings. The second-order valence-electron chi connectivity index (χ2n) is 9.67. The van der Waals surface area contributed by atoms with Gasteiger partial charge in [0.25, 0.3) is 0 Å². The maximum Gasteiger partial charge on any atom is 0.316 e. The molecule has 0 aromatic heterocycles. The Hall–Kier alpha value is -3.68. The molecule has 182 valence electrons. The molecule has 35 heavy (non-hydrogen) atoms. The van der Waals surface area contributed by atoms with E-state index in [1.165, 1.54) is 4.90 Å². The molecule has 8 heteroatoms. The molecule has 3 fully saturated rings. The van der Waals surface area contributed by atoms with Crippen LogP contribution in [0.4, 0.5) is 11.4 Å². The number of amides is 3. The fourth-order valence-electron chi connectivity index (χ4n) is 5.42. The van der Waals surface area contributed by atoms with Crippen LogP contribution in [0.15, 0.2) is 48.5 Å². The number of hydrogen-bond acceptors (Lipinski definition) is 6. The predicted molar refractivity (Wildman–Crippen MR) is 128 cm³/mol. The van der Waals surface area contributed by atoms with Crippen molar-refractivity contribution in [3.05, 3.63) is 48.5 Å². The van der Waals surface area contributed by atoms with Gasteiger partial charge in [0.15, 0.2) is 0 Å². The lowest BCUT2D eigenvalue weighted by atomic mass is 9.76. The normalized spacial score (nSPS) is 26.2. The molecule has 8 nitrogen and oxygen atoms in total. The van der Waals surface area contributed by atoms with Crippen LogP contribution in [-0.2, 0) is 19.2 Å². The van der Waals surface area contributed by atoms with Crippen LogP contribution < -0.4 is 19.3 Å². The highest BCUT2D eigenvalue weighted by Gasteiger charge is 2.50. The van der Waals surface area contributed by atoms with E-state index in [2.05, 4.69) is 6.92 Å². The monoisotopic (exact) mass is 476 g/mol. The van der Waals surface area contributed by atoms with E-state index in [-0.39, 0.29) is 48.3 Å². The summed E-state index contributed by atoms with van der Waals surface area (Å²) < 4.78 is 10.8. The van der Waals surface area contributed by atoms with Crippen molar-refractivity contribution in [1.82, 2.24) is 0 Å². The number of carbonyl (C=O) groups excluding carboxylic acids is 4. The number of hydrogen-bond donors (Lipinski definition) is 0. The lowest BCUT2D eigenvalue weighted by molar-refractivity contribution is -0.139. The van der Waals surface area contributed by atoms with Crippen molar-refractivity contribution < 1.29 is 28.7 Å². The van der Waals surface area contributed by atoms with Gasteiger partial charge in [-0.15, -0.1) is 0 Å². The number of anilines is 2. The topological polar surface area (TPSA) is 93.2 Å². The van der Waals surface area contributed by atoms with Gasteiger partial charge in [0.1, 0.15) is 11.5 Å². The standard InChI is InChI=1S/C27H28N2O6/c1-16-9-10-22-23(11-16)26(32)29(25(22)31)19-6-4-8-21(14-19)35-27(33)17-12-24(30)28(15-17)18-5-3-7-20(13-18)34-2/h3-8,13-14,16-17,22-23H,9-12,15H2,1-2H3/t16-,17-,22-,23-/m1/s1. The van der Waals surface area contributed by atoms with Crippen molar-refractivity contribution in [2.45, 2.75) is 32.6 Å². The van der Waals surface area contributed by atoms with Gasteiger partial charge in [-0.2, -0.15) is 0 Å². The van der Waals surface area contributed by atoms with Gasteiger partial charge in [-0.3, -0.25) is 19.2 Å². The van der Waals surface area contributed by atoms with Gasteiger partial charge in [0, 0.05) is 30.8 Å². The van der Waals surface area contributed by atoms with Crippen LogP contribution >= 0.6 is 0 Å². The first-order valence-corrected chi connectivity index (χ1v) is 12.0. The second kappa shape index (κ2) is 9.17. The number of benzene rings is 2. The fourth-order valence-corrected chi connectivity index (χ4v) is 5.42. The highest BCUT2D eigenvalue weighted by Crippen LogP contribution is 2.42. The minimum Gasteiger partial charge on any atom is -0.497 e. The highest BCUT2D eigenvalue weighted by atomic mass is 16.5. The average Bonchev–Trinajstić information content (AvgIpc) is 3.36. The van der Waals surface area contributed by atoms with Gasteiger partial charge in [0.05, 0.1) is 30.6 Å². The Kier molecular flexibility index (Phi) is 6.05. The minimum absolute atomic E-state index is 0.0420. The summed E-state index contributed by atoms with van der Waals surface area (Å²) in [5.41, 5.74) is 1.07. The van der Waals surface area contributed by atoms with Crippen LogP contribution in [0.5, 0.6) is 11.5 Å². The van der Waals surface area contributed by atoms with Crippen LogP contribution in [0, 0.1) is 23.7 Å². The van der Waals surface area contributed by atoms with Crippen molar-refractivity contribution >= 4 is 35.1 Å². The maximum absolute atomic E-state index is 13.0. The third-order valence-electron chi connectivity index (χ3n) is 7.31. The molecule has 1 saturated carbocycles. The van der Waals surface area contributed by atoms with Crippen molar-refractivity contribution in [3.63, 3.8) is 0 Å². The molecule has 0 radical (unpaired) electrons. The third-order valence-corrected chi connectivity index (χ3v) is 7.31. The van der Waals surface area contributed by atoms with E-state index < -0.39 is 11.9 Å². The van der Waals surface area contributed by atoms with Crippen LogP contribution in [0.3, 0.4) is 0 Å². The lowest BCUT2D eigenvalue weighted by Gasteiger charge is -2.25. The van der Waals surface area contributed by atoms with Crippen molar-refractivity contribution in [2.24, 2.45) is 23.7 Å². The van der Waals surface area contributed by atoms with Crippen molar-refractivity contribution in [2.75, 3.05) is 23.5 Å². The summed E-state index contributed by atoms with van der Waals surface area (Å²) in [5.74, 6) is -0.927. The van der Waals surface area contributed by atoms with E-state index in [4.69, 9.17) is 9.47 Å². The number of fused-ring (bicyclic) bond motifs is 1. The molecule has 0 bridgehead atoms. The third kappa shape index (κ3) is 4.29. The first kappa shape index (κ1) is 23.1. The number of carbonyl (C=O) groups is 4. The molecule has 3 amide bonds. The van der Waals surface area contributed by atoms with Crippen molar-refractivity contribution in [3.8, 4) is 11.5 Å². The molecule has 4 atom stereocenters. The summed E-state index contributed by atoms with van der Waals surface area (Å²) >= 11 is 0. The average molecular weight is 477 g/mol. The summed E-state index contributed by atoms with van der Waals surface area (Å²) in [4.78, 5) is 54.3. The molecule has 2 aliphatic heterocycles. The Morgan fingerprint density at radius 3 is 2.37 bits per heavy atom. The summed E-state index contributed by atoms with van der Waals surface area (Å²) in [6.07, 6.45) is 2.43. The molecule has 1 aliphatic carbocycles. The molecule has 2 heterocycles. The number of esters is 1. The van der Waals surface area contributed by atoms with Crippen LogP contribution in [0.25, 0.3) is 0 Å². The van der Waals surface area contributed by atoms with Crippen LogP contribution in [-0.4, -0.2) is 37.3 Å². The SMILES string of the molecule is COc1cccc(N2C[C@H](C(=O)Oc3cccc(N4C(=O)[C@@H]5CC[C@@H](C)C[C@H]5C4=O)c3)CC2=O)c1. The van der Waals surface area contributed by atoms with E-state index in [9.17, 15) is 19.2 Å². The summed E-state index contributed by atoms with van der Waals surface area (Å²) in [5, 5.41) is 0. The number of ether oxygens (including phenoxy) is 2. The van der Waals surface area contributed by atoms with Gasteiger partial charge >= 0.3 is 5.97 Å². The van der Waals surface area contributed by atoms with E-state index in [1.54, 1.807) is 60.5 Å². The lowest BCUT2D eigenvalue weighted by Crippen LogP contribution is -2.31. The zero-order valence-corrected chi connectivity index (χ0v) is 19.8. The number of nitrogens with zero attached hydrogens (tertiary/aromatic N) is 2. The minimum atomic E-state index is -0.628. The molecule has 0 N–H and O–H groups in total. The van der Waals surface area contributed by atoms with Gasteiger partial charge in [-0.1, -0.05) is 19.1 Å². The fraction of sp³-hybridized carbons (Fsp3) is 0.407. The zero-order chi connectivity index (χ0) is 24.7. The predicted octanol–water partition coefficient (Wildman–Crippen LogP) is 3.58. The number of methoxy groups -OCH3 is 1. The maximum atomic E-state index is 13.0. The zero-order valence-electron chi connectivity index (χ0n) is 19.8.